The van der Waals surface area contributed by atoms with Gasteiger partial charge in [-0.1, -0.05) is 36.8 Å². The third-order valence-corrected chi connectivity index (χ3v) is 7.54. The number of hydrogen-bond acceptors (Lipinski definition) is 5. The van der Waals surface area contributed by atoms with Gasteiger partial charge < -0.3 is 5.32 Å². The van der Waals surface area contributed by atoms with Gasteiger partial charge in [-0.15, -0.1) is 11.3 Å². The predicted molar refractivity (Wildman–Crippen MR) is 141 cm³/mol. The summed E-state index contributed by atoms with van der Waals surface area (Å²) in [5.74, 6) is -0.643. The third-order valence-electron chi connectivity index (χ3n) is 6.29. The molecule has 5 aromatic rings. The molecule has 1 amide bonds. The van der Waals surface area contributed by atoms with Gasteiger partial charge in [0.1, 0.15) is 0 Å². The fourth-order valence-corrected chi connectivity index (χ4v) is 5.10. The molecular weight excluding hydrogens is 513 g/mol. The summed E-state index contributed by atoms with van der Waals surface area (Å²) in [4.78, 5) is 19.2. The highest BCUT2D eigenvalue weighted by Gasteiger charge is 2.36. The first-order chi connectivity index (χ1) is 18.0. The van der Waals surface area contributed by atoms with E-state index in [4.69, 9.17) is 0 Å². The summed E-state index contributed by atoms with van der Waals surface area (Å²) >= 11 is 1.39. The molecule has 196 valence electrons. The number of aromatic nitrogens is 5. The Morgan fingerprint density at radius 2 is 1.76 bits per heavy atom. The molecule has 38 heavy (non-hydrogen) atoms. The maximum absolute atomic E-state index is 14.0. The number of thiophene rings is 1. The van der Waals surface area contributed by atoms with E-state index in [0.29, 0.717) is 27.3 Å². The van der Waals surface area contributed by atoms with Crippen molar-refractivity contribution in [1.29, 1.82) is 0 Å². The largest absolute Gasteiger partial charge is 0.433 e. The van der Waals surface area contributed by atoms with Crippen molar-refractivity contribution in [2.75, 3.05) is 5.32 Å². The molecule has 0 unspecified atom stereocenters. The monoisotopic (exact) mass is 538 g/mol. The molecule has 4 heterocycles. The quantitative estimate of drug-likeness (QED) is 0.269. The zero-order valence-electron chi connectivity index (χ0n) is 21.2. The average Bonchev–Trinajstić information content (AvgIpc) is 3.58. The maximum atomic E-state index is 14.0. The van der Waals surface area contributed by atoms with E-state index in [2.05, 4.69) is 20.5 Å². The Bertz CT molecular complexity index is 1650. The summed E-state index contributed by atoms with van der Waals surface area (Å²) in [6.45, 7) is 8.10. The predicted octanol–water partition coefficient (Wildman–Crippen LogP) is 6.46. The van der Waals surface area contributed by atoms with Crippen LogP contribution in [0.2, 0.25) is 0 Å². The van der Waals surface area contributed by atoms with Crippen molar-refractivity contribution in [3.8, 4) is 10.6 Å². The van der Waals surface area contributed by atoms with Crippen LogP contribution in [0.4, 0.5) is 18.9 Å². The van der Waals surface area contributed by atoms with Gasteiger partial charge in [-0.2, -0.15) is 23.4 Å². The molecule has 0 aliphatic carbocycles. The number of aryl methyl sites for hydroxylation is 3. The lowest BCUT2D eigenvalue weighted by Gasteiger charge is -2.10. The highest BCUT2D eigenvalue weighted by atomic mass is 32.1. The van der Waals surface area contributed by atoms with Crippen LogP contribution in [-0.4, -0.2) is 30.3 Å². The molecule has 0 aliphatic rings. The maximum Gasteiger partial charge on any atom is 0.433 e. The van der Waals surface area contributed by atoms with E-state index in [-0.39, 0.29) is 17.0 Å². The normalized spacial score (nSPS) is 11.9. The number of nitrogens with one attached hydrogen (secondary N) is 1. The average molecular weight is 539 g/mol. The summed E-state index contributed by atoms with van der Waals surface area (Å²) in [6.07, 6.45) is -3.92. The number of fused-ring (bicyclic) bond motifs is 1. The second kappa shape index (κ2) is 9.71. The van der Waals surface area contributed by atoms with E-state index in [1.54, 1.807) is 17.7 Å². The molecule has 0 saturated carbocycles. The molecule has 0 fully saturated rings. The number of alkyl halides is 3. The Hall–Kier alpha value is -3.99. The second-order valence-corrected chi connectivity index (χ2v) is 10.3. The number of rotatable bonds is 6. The van der Waals surface area contributed by atoms with Crippen LogP contribution < -0.4 is 5.32 Å². The fraction of sp³-hybridized carbons (Fsp3) is 0.259. The van der Waals surface area contributed by atoms with Crippen molar-refractivity contribution < 1.29 is 18.0 Å². The third kappa shape index (κ3) is 4.93. The van der Waals surface area contributed by atoms with Crippen LogP contribution >= 0.6 is 11.3 Å². The molecule has 11 heteroatoms. The molecule has 1 N–H and O–H groups in total. The number of benzene rings is 1. The van der Waals surface area contributed by atoms with Gasteiger partial charge in [-0.3, -0.25) is 9.48 Å². The Labute approximate surface area is 221 Å². The van der Waals surface area contributed by atoms with Gasteiger partial charge in [-0.05, 0) is 51.0 Å². The molecule has 0 atom stereocenters. The van der Waals surface area contributed by atoms with Crippen LogP contribution in [0.1, 0.15) is 50.5 Å². The molecule has 0 saturated heterocycles. The van der Waals surface area contributed by atoms with Crippen molar-refractivity contribution in [3.05, 3.63) is 87.3 Å². The highest BCUT2D eigenvalue weighted by Crippen LogP contribution is 2.34. The van der Waals surface area contributed by atoms with Crippen molar-refractivity contribution >= 4 is 28.6 Å². The van der Waals surface area contributed by atoms with Crippen LogP contribution in [0.15, 0.2) is 48.5 Å². The minimum Gasteiger partial charge on any atom is -0.317 e. The molecule has 0 spiro atoms. The second-order valence-electron chi connectivity index (χ2n) is 9.09. The zero-order chi connectivity index (χ0) is 27.2. The van der Waals surface area contributed by atoms with Crippen LogP contribution in [0.5, 0.6) is 0 Å². The Morgan fingerprint density at radius 1 is 1.03 bits per heavy atom. The topological polar surface area (TPSA) is 77.1 Å². The van der Waals surface area contributed by atoms with Crippen molar-refractivity contribution in [2.24, 2.45) is 0 Å². The summed E-state index contributed by atoms with van der Waals surface area (Å²) in [5, 5.41) is 11.3. The van der Waals surface area contributed by atoms with Crippen molar-refractivity contribution in [1.82, 2.24) is 24.4 Å². The smallest absolute Gasteiger partial charge is 0.317 e. The number of carbonyl (C=O) groups is 1. The van der Waals surface area contributed by atoms with E-state index in [1.807, 2.05) is 51.1 Å². The lowest BCUT2D eigenvalue weighted by atomic mass is 10.1. The van der Waals surface area contributed by atoms with Gasteiger partial charge >= 0.3 is 6.18 Å². The molecule has 0 bridgehead atoms. The van der Waals surface area contributed by atoms with E-state index in [0.717, 1.165) is 34.2 Å². The highest BCUT2D eigenvalue weighted by molar-refractivity contribution is 7.15. The lowest BCUT2D eigenvalue weighted by molar-refractivity contribution is -0.142. The standard InChI is InChI=1S/C27H25F3N6OS/c1-5-19-10-11-22(38-19)20-12-23(27(28,29)30)36-24(31-20)13-21(34-36)26(37)32-25-16(3)33-35(17(25)4)14-18-8-6-15(2)7-9-18/h6-13H,5,14H2,1-4H3,(H,32,37). The minimum absolute atomic E-state index is 0.0602. The fourth-order valence-electron chi connectivity index (χ4n) is 4.19. The summed E-state index contributed by atoms with van der Waals surface area (Å²) in [6, 6.07) is 13.9. The van der Waals surface area contributed by atoms with Gasteiger partial charge in [-0.25, -0.2) is 9.50 Å². The van der Waals surface area contributed by atoms with E-state index in [9.17, 15) is 18.0 Å². The number of halogens is 3. The summed E-state index contributed by atoms with van der Waals surface area (Å²) in [7, 11) is 0. The molecule has 0 radical (unpaired) electrons. The first-order valence-electron chi connectivity index (χ1n) is 12.0. The van der Waals surface area contributed by atoms with Gasteiger partial charge in [0, 0.05) is 10.9 Å². The van der Waals surface area contributed by atoms with Gasteiger partial charge in [0.2, 0.25) is 0 Å². The van der Waals surface area contributed by atoms with Gasteiger partial charge in [0.25, 0.3) is 5.91 Å². The number of hydrogen-bond donors (Lipinski definition) is 1. The lowest BCUT2D eigenvalue weighted by Crippen LogP contribution is -2.16. The van der Waals surface area contributed by atoms with Crippen LogP contribution in [-0.2, 0) is 19.1 Å². The number of nitrogens with zero attached hydrogens (tertiary/aromatic N) is 5. The molecule has 1 aromatic carbocycles. The molecule has 4 aromatic heterocycles. The van der Waals surface area contributed by atoms with Crippen molar-refractivity contribution in [2.45, 2.75) is 46.8 Å². The van der Waals surface area contributed by atoms with E-state index in [1.165, 1.54) is 17.4 Å². The zero-order valence-corrected chi connectivity index (χ0v) is 22.0. The first-order valence-corrected chi connectivity index (χ1v) is 12.8. The number of carbonyl (C=O) groups excluding carboxylic acids is 1. The molecule has 5 rings (SSSR count). The van der Waals surface area contributed by atoms with Gasteiger partial charge in [0.15, 0.2) is 17.0 Å². The molecule has 0 aliphatic heterocycles. The molecular formula is C27H25F3N6OS. The van der Waals surface area contributed by atoms with Crippen molar-refractivity contribution in [3.63, 3.8) is 0 Å². The van der Waals surface area contributed by atoms with E-state index >= 15 is 0 Å². The Balaban J connectivity index is 1.47. The summed E-state index contributed by atoms with van der Waals surface area (Å²) in [5.41, 5.74) is 2.96. The summed E-state index contributed by atoms with van der Waals surface area (Å²) < 4.78 is 44.3. The SMILES string of the molecule is CCc1ccc(-c2cc(C(F)(F)F)n3nc(C(=O)Nc4c(C)nn(Cc5ccc(C)cc5)c4C)cc3n2)s1. The Morgan fingerprint density at radius 3 is 2.42 bits per heavy atom. The van der Waals surface area contributed by atoms with Gasteiger partial charge in [0.05, 0.1) is 34.2 Å². The Kier molecular flexibility index (Phi) is 6.56. The van der Waals surface area contributed by atoms with E-state index < -0.39 is 17.8 Å². The number of anilines is 1. The number of amides is 1. The van der Waals surface area contributed by atoms with Crippen LogP contribution in [0.3, 0.4) is 0 Å². The van der Waals surface area contributed by atoms with Crippen LogP contribution in [0, 0.1) is 20.8 Å². The first kappa shape index (κ1) is 25.7. The van der Waals surface area contributed by atoms with Crippen LogP contribution in [0.25, 0.3) is 16.2 Å². The minimum atomic E-state index is -4.69. The molecule has 7 nitrogen and oxygen atoms in total.